The standard InChI is InChI=1S/C14H10Cl3N3S.C7H4Cl2N2S/c1-7-6-21-13-11(7)12(19-14(17)20-13)18-5-8-2-3-9(15)10(16)4-8;1-3-2-12-6-4(3)5(8)10-7(9)11-6/h2-4,6H,5H2,1H3,(H,18,19,20);2H,1H3. The molecule has 12 heteroatoms. The molecule has 0 radical (unpaired) electrons. The maximum absolute atomic E-state index is 6.02. The second-order valence-corrected chi connectivity index (χ2v) is 10.5. The van der Waals surface area contributed by atoms with Gasteiger partial charge in [0.15, 0.2) is 0 Å². The Morgan fingerprint density at radius 1 is 0.758 bits per heavy atom. The summed E-state index contributed by atoms with van der Waals surface area (Å²) in [4.78, 5) is 18.1. The second kappa shape index (κ2) is 10.4. The van der Waals surface area contributed by atoms with Crippen LogP contribution >= 0.6 is 80.7 Å². The van der Waals surface area contributed by atoms with Gasteiger partial charge in [-0.2, -0.15) is 0 Å². The first-order chi connectivity index (χ1) is 15.7. The van der Waals surface area contributed by atoms with Crippen LogP contribution in [0.2, 0.25) is 25.8 Å². The van der Waals surface area contributed by atoms with Crippen molar-refractivity contribution in [2.75, 3.05) is 5.32 Å². The number of nitrogens with zero attached hydrogens (tertiary/aromatic N) is 4. The minimum atomic E-state index is 0.203. The number of rotatable bonds is 3. The molecular formula is C21H14Cl5N5S2. The first kappa shape index (κ1) is 24.7. The average molecular weight is 578 g/mol. The third-order valence-corrected chi connectivity index (χ3v) is 7.91. The van der Waals surface area contributed by atoms with Crippen molar-refractivity contribution in [2.24, 2.45) is 0 Å². The monoisotopic (exact) mass is 575 g/mol. The van der Waals surface area contributed by atoms with Crippen LogP contribution in [-0.2, 0) is 6.54 Å². The molecule has 5 nitrogen and oxygen atoms in total. The number of nitrogens with one attached hydrogen (secondary N) is 1. The highest BCUT2D eigenvalue weighted by atomic mass is 35.5. The number of thiophene rings is 2. The van der Waals surface area contributed by atoms with E-state index in [0.29, 0.717) is 21.7 Å². The fourth-order valence-corrected chi connectivity index (χ4v) is 6.05. The fraction of sp³-hybridized carbons (Fsp3) is 0.143. The molecule has 1 N–H and O–H groups in total. The number of fused-ring (bicyclic) bond motifs is 2. The van der Waals surface area contributed by atoms with Gasteiger partial charge in [0.1, 0.15) is 20.6 Å². The lowest BCUT2D eigenvalue weighted by Gasteiger charge is -2.09. The summed E-state index contributed by atoms with van der Waals surface area (Å²) in [6, 6.07) is 5.53. The van der Waals surface area contributed by atoms with Crippen LogP contribution < -0.4 is 5.32 Å². The molecule has 0 bridgehead atoms. The van der Waals surface area contributed by atoms with E-state index < -0.39 is 0 Å². The van der Waals surface area contributed by atoms with Gasteiger partial charge in [0.2, 0.25) is 10.6 Å². The topological polar surface area (TPSA) is 63.6 Å². The van der Waals surface area contributed by atoms with Crippen LogP contribution in [-0.4, -0.2) is 19.9 Å². The van der Waals surface area contributed by atoms with Gasteiger partial charge >= 0.3 is 0 Å². The van der Waals surface area contributed by atoms with E-state index in [-0.39, 0.29) is 10.6 Å². The first-order valence-corrected chi connectivity index (χ1v) is 13.0. The van der Waals surface area contributed by atoms with Crippen molar-refractivity contribution in [2.45, 2.75) is 20.4 Å². The van der Waals surface area contributed by atoms with Crippen molar-refractivity contribution in [3.63, 3.8) is 0 Å². The summed E-state index contributed by atoms with van der Waals surface area (Å²) in [6.45, 7) is 4.58. The van der Waals surface area contributed by atoms with Crippen LogP contribution in [0, 0.1) is 13.8 Å². The molecular weight excluding hydrogens is 564 g/mol. The maximum Gasteiger partial charge on any atom is 0.225 e. The lowest BCUT2D eigenvalue weighted by molar-refractivity contribution is 1.10. The highest BCUT2D eigenvalue weighted by Gasteiger charge is 2.11. The van der Waals surface area contributed by atoms with E-state index in [1.807, 2.05) is 36.7 Å². The van der Waals surface area contributed by atoms with Crippen molar-refractivity contribution < 1.29 is 0 Å². The molecule has 0 fully saturated rings. The zero-order chi connectivity index (χ0) is 23.7. The Balaban J connectivity index is 0.000000183. The van der Waals surface area contributed by atoms with E-state index in [0.717, 1.165) is 42.9 Å². The van der Waals surface area contributed by atoms with Crippen LogP contribution in [0.15, 0.2) is 29.0 Å². The molecule has 0 amide bonds. The summed E-state index contributed by atoms with van der Waals surface area (Å²) < 4.78 is 0. The van der Waals surface area contributed by atoms with E-state index in [1.54, 1.807) is 17.4 Å². The van der Waals surface area contributed by atoms with Crippen LogP contribution in [0.5, 0.6) is 0 Å². The Hall–Kier alpha value is -1.45. The molecule has 0 spiro atoms. The van der Waals surface area contributed by atoms with Gasteiger partial charge in [-0.15, -0.1) is 22.7 Å². The van der Waals surface area contributed by atoms with E-state index in [2.05, 4.69) is 25.3 Å². The number of hydrogen-bond donors (Lipinski definition) is 1. The number of anilines is 1. The van der Waals surface area contributed by atoms with E-state index in [9.17, 15) is 0 Å². The Bertz CT molecular complexity index is 1470. The molecule has 5 aromatic rings. The molecule has 0 saturated carbocycles. The number of aromatic nitrogens is 4. The smallest absolute Gasteiger partial charge is 0.225 e. The van der Waals surface area contributed by atoms with Crippen LogP contribution in [0.1, 0.15) is 16.7 Å². The van der Waals surface area contributed by atoms with Crippen molar-refractivity contribution in [1.82, 2.24) is 19.9 Å². The molecule has 4 heterocycles. The molecule has 0 aliphatic rings. The summed E-state index contributed by atoms with van der Waals surface area (Å²) in [7, 11) is 0. The number of hydrogen-bond acceptors (Lipinski definition) is 7. The number of aryl methyl sites for hydroxylation is 2. The molecule has 0 aliphatic heterocycles. The third-order valence-electron chi connectivity index (χ3n) is 4.58. The van der Waals surface area contributed by atoms with Gasteiger partial charge < -0.3 is 5.32 Å². The Morgan fingerprint density at radius 2 is 1.36 bits per heavy atom. The molecule has 1 aromatic carbocycles. The molecule has 0 atom stereocenters. The molecule has 5 rings (SSSR count). The van der Waals surface area contributed by atoms with Crippen molar-refractivity contribution in [1.29, 1.82) is 0 Å². The van der Waals surface area contributed by atoms with Gasteiger partial charge in [-0.25, -0.2) is 19.9 Å². The predicted molar refractivity (Wildman–Crippen MR) is 143 cm³/mol. The SMILES string of the molecule is Cc1csc2nc(Cl)nc(Cl)c12.Cc1csc2nc(Cl)nc(NCc3ccc(Cl)c(Cl)c3)c12. The summed E-state index contributed by atoms with van der Waals surface area (Å²) >= 11 is 32.5. The molecule has 0 unspecified atom stereocenters. The van der Waals surface area contributed by atoms with Crippen molar-refractivity contribution in [3.05, 3.63) is 71.4 Å². The fourth-order valence-electron chi connectivity index (χ4n) is 3.03. The lowest BCUT2D eigenvalue weighted by Crippen LogP contribution is -2.03. The van der Waals surface area contributed by atoms with Gasteiger partial charge in [0.05, 0.1) is 20.8 Å². The highest BCUT2D eigenvalue weighted by Crippen LogP contribution is 2.31. The minimum Gasteiger partial charge on any atom is -0.365 e. The van der Waals surface area contributed by atoms with Crippen molar-refractivity contribution in [3.8, 4) is 0 Å². The Labute approximate surface area is 222 Å². The van der Waals surface area contributed by atoms with E-state index in [4.69, 9.17) is 58.0 Å². The quantitative estimate of drug-likeness (QED) is 0.171. The van der Waals surface area contributed by atoms with Gasteiger partial charge in [-0.05, 0) is 76.6 Å². The number of benzene rings is 1. The first-order valence-electron chi connectivity index (χ1n) is 9.39. The Morgan fingerprint density at radius 3 is 2.03 bits per heavy atom. The summed E-state index contributed by atoms with van der Waals surface area (Å²) in [5.74, 6) is 0.731. The van der Waals surface area contributed by atoms with Gasteiger partial charge in [-0.3, -0.25) is 0 Å². The normalized spacial score (nSPS) is 11.0. The summed E-state index contributed by atoms with van der Waals surface area (Å²) in [5, 5.41) is 11.2. The van der Waals surface area contributed by atoms with E-state index >= 15 is 0 Å². The van der Waals surface area contributed by atoms with Gasteiger partial charge in [-0.1, -0.05) is 40.9 Å². The number of halogens is 5. The molecule has 0 saturated heterocycles. The second-order valence-electron chi connectivity index (χ2n) is 6.92. The maximum atomic E-state index is 6.02. The Kier molecular flexibility index (Phi) is 7.80. The highest BCUT2D eigenvalue weighted by molar-refractivity contribution is 7.17. The average Bonchev–Trinajstić information content (AvgIpc) is 3.31. The molecule has 0 aliphatic carbocycles. The van der Waals surface area contributed by atoms with Gasteiger partial charge in [0.25, 0.3) is 0 Å². The zero-order valence-electron chi connectivity index (χ0n) is 17.1. The van der Waals surface area contributed by atoms with Gasteiger partial charge in [0, 0.05) is 6.54 Å². The molecule has 33 heavy (non-hydrogen) atoms. The zero-order valence-corrected chi connectivity index (χ0v) is 22.5. The molecule has 4 aromatic heterocycles. The predicted octanol–water partition coefficient (Wildman–Crippen LogP) is 8.88. The van der Waals surface area contributed by atoms with E-state index in [1.165, 1.54) is 11.3 Å². The van der Waals surface area contributed by atoms with Crippen LogP contribution in [0.3, 0.4) is 0 Å². The molecule has 170 valence electrons. The van der Waals surface area contributed by atoms with Crippen LogP contribution in [0.25, 0.3) is 20.4 Å². The largest absolute Gasteiger partial charge is 0.365 e. The minimum absolute atomic E-state index is 0.203. The van der Waals surface area contributed by atoms with Crippen molar-refractivity contribution >= 4 is 107 Å². The summed E-state index contributed by atoms with van der Waals surface area (Å²) in [6.07, 6.45) is 0. The van der Waals surface area contributed by atoms with Crippen LogP contribution in [0.4, 0.5) is 5.82 Å². The summed E-state index contributed by atoms with van der Waals surface area (Å²) in [5.41, 5.74) is 3.24. The third kappa shape index (κ3) is 5.62. The lowest BCUT2D eigenvalue weighted by atomic mass is 10.2.